The molecule has 2 nitrogen and oxygen atoms in total. The molecular weight excluding hydrogens is 308 g/mol. The highest BCUT2D eigenvalue weighted by molar-refractivity contribution is 5.98. The second-order valence-corrected chi connectivity index (χ2v) is 5.86. The summed E-state index contributed by atoms with van der Waals surface area (Å²) in [4.78, 5) is 11.0. The number of phenols is 1. The molecule has 0 saturated carbocycles. The SMILES string of the molecule is CCC(=C(c1ccc(O)cc1)c1ccc(C=O)cc1)c1ccccc1. The lowest BCUT2D eigenvalue weighted by atomic mass is 9.88. The van der Waals surface area contributed by atoms with Crippen molar-refractivity contribution in [1.82, 2.24) is 0 Å². The van der Waals surface area contributed by atoms with Crippen molar-refractivity contribution in [3.63, 3.8) is 0 Å². The first-order valence-corrected chi connectivity index (χ1v) is 8.36. The number of carbonyl (C=O) groups is 1. The number of carbonyl (C=O) groups excluding carboxylic acids is 1. The van der Waals surface area contributed by atoms with E-state index >= 15 is 0 Å². The summed E-state index contributed by atoms with van der Waals surface area (Å²) in [6, 6.07) is 25.2. The van der Waals surface area contributed by atoms with Gasteiger partial charge in [-0.1, -0.05) is 73.7 Å². The van der Waals surface area contributed by atoms with E-state index < -0.39 is 0 Å². The molecule has 0 radical (unpaired) electrons. The van der Waals surface area contributed by atoms with Crippen LogP contribution in [0.5, 0.6) is 5.75 Å². The number of rotatable bonds is 5. The molecule has 0 unspecified atom stereocenters. The van der Waals surface area contributed by atoms with Gasteiger partial charge < -0.3 is 5.11 Å². The maximum atomic E-state index is 11.0. The van der Waals surface area contributed by atoms with Crippen LogP contribution < -0.4 is 0 Å². The Bertz CT molecular complexity index is 874. The number of phenolic OH excluding ortho intramolecular Hbond substituents is 1. The fourth-order valence-corrected chi connectivity index (χ4v) is 3.04. The van der Waals surface area contributed by atoms with Gasteiger partial charge >= 0.3 is 0 Å². The average molecular weight is 328 g/mol. The van der Waals surface area contributed by atoms with Crippen molar-refractivity contribution in [3.05, 3.63) is 101 Å². The molecule has 0 spiro atoms. The van der Waals surface area contributed by atoms with Crippen LogP contribution in [-0.2, 0) is 0 Å². The van der Waals surface area contributed by atoms with Crippen molar-refractivity contribution < 1.29 is 9.90 Å². The fraction of sp³-hybridized carbons (Fsp3) is 0.0870. The lowest BCUT2D eigenvalue weighted by Gasteiger charge is -2.16. The molecule has 0 amide bonds. The molecule has 0 heterocycles. The molecule has 25 heavy (non-hydrogen) atoms. The lowest BCUT2D eigenvalue weighted by molar-refractivity contribution is 0.112. The van der Waals surface area contributed by atoms with E-state index in [-0.39, 0.29) is 5.75 Å². The third-order valence-electron chi connectivity index (χ3n) is 4.27. The summed E-state index contributed by atoms with van der Waals surface area (Å²) in [5.41, 5.74) is 6.27. The molecule has 0 fully saturated rings. The Morgan fingerprint density at radius 2 is 1.36 bits per heavy atom. The predicted molar refractivity (Wildman–Crippen MR) is 103 cm³/mol. The van der Waals surface area contributed by atoms with Crippen molar-refractivity contribution in [2.75, 3.05) is 0 Å². The zero-order chi connectivity index (χ0) is 17.6. The second-order valence-electron chi connectivity index (χ2n) is 5.86. The summed E-state index contributed by atoms with van der Waals surface area (Å²) in [7, 11) is 0. The molecule has 3 aromatic rings. The molecule has 0 aliphatic carbocycles. The van der Waals surface area contributed by atoms with Gasteiger partial charge in [0.2, 0.25) is 0 Å². The van der Waals surface area contributed by atoms with Crippen LogP contribution in [0, 0.1) is 0 Å². The first kappa shape index (κ1) is 16.7. The van der Waals surface area contributed by atoms with Gasteiger partial charge in [0.15, 0.2) is 0 Å². The van der Waals surface area contributed by atoms with Crippen molar-refractivity contribution in [2.24, 2.45) is 0 Å². The Morgan fingerprint density at radius 1 is 0.800 bits per heavy atom. The van der Waals surface area contributed by atoms with Gasteiger partial charge in [0.1, 0.15) is 12.0 Å². The number of aldehydes is 1. The minimum atomic E-state index is 0.247. The Kier molecular flexibility index (Phi) is 5.10. The summed E-state index contributed by atoms with van der Waals surface area (Å²) in [6.07, 6.45) is 1.72. The summed E-state index contributed by atoms with van der Waals surface area (Å²) in [5, 5.41) is 9.64. The van der Waals surface area contributed by atoms with Crippen molar-refractivity contribution in [2.45, 2.75) is 13.3 Å². The molecule has 0 aromatic heterocycles. The van der Waals surface area contributed by atoms with E-state index in [0.29, 0.717) is 5.56 Å². The first-order chi connectivity index (χ1) is 12.2. The minimum Gasteiger partial charge on any atom is -0.508 e. The Hall–Kier alpha value is -3.13. The van der Waals surface area contributed by atoms with Gasteiger partial charge in [0.05, 0.1) is 0 Å². The molecule has 1 N–H and O–H groups in total. The zero-order valence-electron chi connectivity index (χ0n) is 14.1. The van der Waals surface area contributed by atoms with Crippen LogP contribution in [0.2, 0.25) is 0 Å². The highest BCUT2D eigenvalue weighted by atomic mass is 16.3. The van der Waals surface area contributed by atoms with Gasteiger partial charge in [-0.05, 0) is 46.4 Å². The van der Waals surface area contributed by atoms with E-state index in [1.165, 1.54) is 11.1 Å². The lowest BCUT2D eigenvalue weighted by Crippen LogP contribution is -1.95. The van der Waals surface area contributed by atoms with Gasteiger partial charge in [0, 0.05) is 5.56 Å². The van der Waals surface area contributed by atoms with Crippen LogP contribution in [-0.4, -0.2) is 11.4 Å². The predicted octanol–water partition coefficient (Wildman–Crippen LogP) is 5.57. The van der Waals surface area contributed by atoms with E-state index in [0.717, 1.165) is 29.4 Å². The van der Waals surface area contributed by atoms with E-state index in [9.17, 15) is 9.90 Å². The van der Waals surface area contributed by atoms with Gasteiger partial charge in [-0.25, -0.2) is 0 Å². The molecule has 0 aliphatic heterocycles. The number of aromatic hydroxyl groups is 1. The quantitative estimate of drug-likeness (QED) is 0.491. The Labute approximate surface area is 148 Å². The topological polar surface area (TPSA) is 37.3 Å². The molecule has 0 saturated heterocycles. The van der Waals surface area contributed by atoms with E-state index in [2.05, 4.69) is 19.1 Å². The van der Waals surface area contributed by atoms with Crippen molar-refractivity contribution in [1.29, 1.82) is 0 Å². The van der Waals surface area contributed by atoms with Crippen LogP contribution in [0.15, 0.2) is 78.9 Å². The molecule has 124 valence electrons. The second kappa shape index (κ2) is 7.63. The molecule has 0 aliphatic rings. The number of hydrogen-bond donors (Lipinski definition) is 1. The largest absolute Gasteiger partial charge is 0.508 e. The fourth-order valence-electron chi connectivity index (χ4n) is 3.04. The highest BCUT2D eigenvalue weighted by Crippen LogP contribution is 2.34. The normalized spacial score (nSPS) is 11.7. The third-order valence-corrected chi connectivity index (χ3v) is 4.27. The summed E-state index contributed by atoms with van der Waals surface area (Å²) >= 11 is 0. The number of benzene rings is 3. The Balaban J connectivity index is 2.24. The van der Waals surface area contributed by atoms with Gasteiger partial charge in [-0.2, -0.15) is 0 Å². The third kappa shape index (κ3) is 3.69. The summed E-state index contributed by atoms with van der Waals surface area (Å²) in [5.74, 6) is 0.247. The van der Waals surface area contributed by atoms with Gasteiger partial charge in [-0.3, -0.25) is 4.79 Å². The molecule has 2 heteroatoms. The minimum absolute atomic E-state index is 0.247. The monoisotopic (exact) mass is 328 g/mol. The summed E-state index contributed by atoms with van der Waals surface area (Å²) in [6.45, 7) is 2.14. The zero-order valence-corrected chi connectivity index (χ0v) is 14.1. The van der Waals surface area contributed by atoms with Crippen LogP contribution in [0.1, 0.15) is 40.4 Å². The van der Waals surface area contributed by atoms with Gasteiger partial charge in [0.25, 0.3) is 0 Å². The number of allylic oxidation sites excluding steroid dienone is 1. The first-order valence-electron chi connectivity index (χ1n) is 8.36. The van der Waals surface area contributed by atoms with Crippen LogP contribution >= 0.6 is 0 Å². The maximum absolute atomic E-state index is 11.0. The molecule has 3 rings (SSSR count). The molecule has 0 bridgehead atoms. The van der Waals surface area contributed by atoms with Crippen LogP contribution in [0.25, 0.3) is 11.1 Å². The average Bonchev–Trinajstić information content (AvgIpc) is 2.68. The van der Waals surface area contributed by atoms with Crippen LogP contribution in [0.3, 0.4) is 0 Å². The molecule has 0 atom stereocenters. The standard InChI is InChI=1S/C23H20O2/c1-2-22(18-6-4-3-5-7-18)23(20-12-14-21(25)15-13-20)19-10-8-17(16-24)9-11-19/h3-16,25H,2H2,1H3. The summed E-state index contributed by atoms with van der Waals surface area (Å²) < 4.78 is 0. The van der Waals surface area contributed by atoms with E-state index in [1.54, 1.807) is 12.1 Å². The molecule has 3 aromatic carbocycles. The maximum Gasteiger partial charge on any atom is 0.150 e. The van der Waals surface area contributed by atoms with Crippen LogP contribution in [0.4, 0.5) is 0 Å². The van der Waals surface area contributed by atoms with Gasteiger partial charge in [-0.15, -0.1) is 0 Å². The smallest absolute Gasteiger partial charge is 0.150 e. The molecular formula is C23H20O2. The van der Waals surface area contributed by atoms with E-state index in [1.807, 2.05) is 54.6 Å². The van der Waals surface area contributed by atoms with Crippen molar-refractivity contribution >= 4 is 17.4 Å². The van der Waals surface area contributed by atoms with E-state index in [4.69, 9.17) is 0 Å². The highest BCUT2D eigenvalue weighted by Gasteiger charge is 2.13. The van der Waals surface area contributed by atoms with Crippen molar-refractivity contribution in [3.8, 4) is 5.75 Å². The Morgan fingerprint density at radius 3 is 1.88 bits per heavy atom. The number of hydrogen-bond acceptors (Lipinski definition) is 2.